The Morgan fingerprint density at radius 2 is 1.82 bits per heavy atom. The van der Waals surface area contributed by atoms with E-state index in [0.29, 0.717) is 18.9 Å². The van der Waals surface area contributed by atoms with Crippen LogP contribution in [0.5, 0.6) is 0 Å². The van der Waals surface area contributed by atoms with E-state index in [4.69, 9.17) is 4.74 Å². The average molecular weight is 542 g/mol. The van der Waals surface area contributed by atoms with E-state index in [0.717, 1.165) is 23.6 Å². The maximum atomic E-state index is 12.6. The Morgan fingerprint density at radius 3 is 2.55 bits per heavy atom. The molecule has 0 atom stereocenters. The molecule has 0 bridgehead atoms. The highest BCUT2D eigenvalue weighted by Gasteiger charge is 2.19. The summed E-state index contributed by atoms with van der Waals surface area (Å²) in [6, 6.07) is 12.4. The zero-order valence-electron chi connectivity index (χ0n) is 21.4. The average Bonchev–Trinajstić information content (AvgIpc) is 3.28. The Bertz CT molecular complexity index is 1690. The van der Waals surface area contributed by atoms with E-state index >= 15 is 0 Å². The number of nitrogens with one attached hydrogen (secondary N) is 2. The van der Waals surface area contributed by atoms with Gasteiger partial charge in [-0.3, -0.25) is 19.1 Å². The summed E-state index contributed by atoms with van der Waals surface area (Å²) in [5.74, 6) is -0.170. The highest BCUT2D eigenvalue weighted by atomic mass is 32.2. The number of sulfonamides is 1. The first-order chi connectivity index (χ1) is 18.2. The number of nitrogens with zero attached hydrogens (tertiary/aromatic N) is 3. The van der Waals surface area contributed by atoms with Crippen molar-refractivity contribution in [1.82, 2.24) is 23.8 Å². The van der Waals surface area contributed by atoms with Crippen LogP contribution in [0.2, 0.25) is 0 Å². The minimum absolute atomic E-state index is 0.00557. The van der Waals surface area contributed by atoms with Gasteiger partial charge in [0.1, 0.15) is 12.4 Å². The number of imidazole rings is 1. The van der Waals surface area contributed by atoms with Crippen LogP contribution in [0.15, 0.2) is 56.9 Å². The molecule has 11 nitrogen and oxygen atoms in total. The first-order valence-electron chi connectivity index (χ1n) is 12.6. The van der Waals surface area contributed by atoms with Gasteiger partial charge in [-0.1, -0.05) is 43.7 Å². The molecule has 0 fully saturated rings. The number of carbonyl (C=O) groups excluding carboxylic acids is 1. The topological polar surface area (TPSA) is 145 Å². The summed E-state index contributed by atoms with van der Waals surface area (Å²) in [5.41, 5.74) is -0.532. The number of esters is 1. The van der Waals surface area contributed by atoms with Crippen LogP contribution in [-0.4, -0.2) is 40.0 Å². The predicted molar refractivity (Wildman–Crippen MR) is 143 cm³/mol. The van der Waals surface area contributed by atoms with Gasteiger partial charge in [0.25, 0.3) is 5.56 Å². The monoisotopic (exact) mass is 541 g/mol. The molecule has 4 rings (SSSR count). The number of carbonyl (C=O) groups is 1. The molecular formula is C26H31N5O6S. The van der Waals surface area contributed by atoms with Crippen LogP contribution >= 0.6 is 0 Å². The quantitative estimate of drug-likeness (QED) is 0.207. The van der Waals surface area contributed by atoms with Crippen molar-refractivity contribution in [2.24, 2.45) is 0 Å². The molecule has 38 heavy (non-hydrogen) atoms. The second kappa shape index (κ2) is 11.7. The Labute approximate surface area is 219 Å². The van der Waals surface area contributed by atoms with Gasteiger partial charge in [0, 0.05) is 26.1 Å². The van der Waals surface area contributed by atoms with E-state index < -0.39 is 27.2 Å². The summed E-state index contributed by atoms with van der Waals surface area (Å²) < 4.78 is 36.2. The van der Waals surface area contributed by atoms with Gasteiger partial charge in [0.2, 0.25) is 10.0 Å². The number of aryl methyl sites for hydroxylation is 2. The van der Waals surface area contributed by atoms with E-state index in [1.807, 2.05) is 38.1 Å². The molecule has 2 N–H and O–H groups in total. The molecule has 0 unspecified atom stereocenters. The molecule has 0 aliphatic rings. The van der Waals surface area contributed by atoms with Crippen LogP contribution in [0.3, 0.4) is 0 Å². The van der Waals surface area contributed by atoms with Crippen LogP contribution in [-0.2, 0) is 39.3 Å². The number of unbranched alkanes of at least 4 members (excludes halogenated alkanes) is 1. The van der Waals surface area contributed by atoms with Gasteiger partial charge < -0.3 is 9.30 Å². The van der Waals surface area contributed by atoms with Crippen molar-refractivity contribution in [2.75, 3.05) is 6.54 Å². The van der Waals surface area contributed by atoms with Crippen molar-refractivity contribution in [3.8, 4) is 0 Å². The molecule has 2 aromatic carbocycles. The number of ether oxygens (including phenoxy) is 1. The number of rotatable bonds is 12. The van der Waals surface area contributed by atoms with Gasteiger partial charge >= 0.3 is 11.7 Å². The minimum Gasteiger partial charge on any atom is -0.458 e. The Morgan fingerprint density at radius 1 is 1.05 bits per heavy atom. The molecule has 0 aliphatic carbocycles. The number of fused-ring (bicyclic) bond motifs is 2. The van der Waals surface area contributed by atoms with Crippen LogP contribution < -0.4 is 16.0 Å². The van der Waals surface area contributed by atoms with Crippen LogP contribution in [0.25, 0.3) is 21.9 Å². The van der Waals surface area contributed by atoms with E-state index in [2.05, 4.69) is 14.7 Å². The second-order valence-corrected chi connectivity index (χ2v) is 10.6. The van der Waals surface area contributed by atoms with E-state index in [-0.39, 0.29) is 42.1 Å². The second-order valence-electron chi connectivity index (χ2n) is 8.88. The molecule has 0 saturated heterocycles. The molecule has 0 saturated carbocycles. The molecule has 202 valence electrons. The van der Waals surface area contributed by atoms with Gasteiger partial charge in [-0.25, -0.2) is 22.9 Å². The lowest BCUT2D eigenvalue weighted by Gasteiger charge is -2.09. The first kappa shape index (κ1) is 27.3. The van der Waals surface area contributed by atoms with Crippen molar-refractivity contribution in [1.29, 1.82) is 0 Å². The summed E-state index contributed by atoms with van der Waals surface area (Å²) in [6.45, 7) is 4.53. The fourth-order valence-electron chi connectivity index (χ4n) is 4.27. The molecule has 0 amide bonds. The maximum Gasteiger partial charge on any atom is 0.330 e. The maximum absolute atomic E-state index is 12.6. The zero-order chi connectivity index (χ0) is 27.3. The third-order valence-corrected chi connectivity index (χ3v) is 7.72. The van der Waals surface area contributed by atoms with Crippen molar-refractivity contribution in [3.05, 3.63) is 69.1 Å². The smallest absolute Gasteiger partial charge is 0.330 e. The Kier molecular flexibility index (Phi) is 8.42. The van der Waals surface area contributed by atoms with Gasteiger partial charge in [0.15, 0.2) is 11.2 Å². The minimum atomic E-state index is -3.72. The van der Waals surface area contributed by atoms with Gasteiger partial charge in [-0.2, -0.15) is 0 Å². The van der Waals surface area contributed by atoms with E-state index in [9.17, 15) is 22.8 Å². The van der Waals surface area contributed by atoms with Crippen LogP contribution in [0.1, 0.15) is 45.4 Å². The SMILES string of the molecule is CCCCn1c(=O)[nH]c(=O)c2c1nc(COC(=O)CCCNS(=O)(=O)c1ccc3ccccc3c1)n2CC. The van der Waals surface area contributed by atoms with Crippen LogP contribution in [0, 0.1) is 0 Å². The predicted octanol–water partition coefficient (Wildman–Crippen LogP) is 2.66. The van der Waals surface area contributed by atoms with Crippen molar-refractivity contribution in [3.63, 3.8) is 0 Å². The fourth-order valence-corrected chi connectivity index (χ4v) is 5.38. The van der Waals surface area contributed by atoms with E-state index in [1.54, 1.807) is 22.8 Å². The molecule has 0 radical (unpaired) electrons. The number of H-pyrrole nitrogens is 1. The molecule has 0 aliphatic heterocycles. The van der Waals surface area contributed by atoms with E-state index in [1.165, 1.54) is 4.57 Å². The van der Waals surface area contributed by atoms with Crippen LogP contribution in [0.4, 0.5) is 0 Å². The molecule has 4 aromatic rings. The number of hydrogen-bond acceptors (Lipinski definition) is 7. The lowest BCUT2D eigenvalue weighted by atomic mass is 10.1. The van der Waals surface area contributed by atoms with Crippen molar-refractivity contribution >= 4 is 37.9 Å². The Balaban J connectivity index is 1.36. The third kappa shape index (κ3) is 5.86. The zero-order valence-corrected chi connectivity index (χ0v) is 22.2. The largest absolute Gasteiger partial charge is 0.458 e. The summed E-state index contributed by atoms with van der Waals surface area (Å²) >= 11 is 0. The molecule has 2 heterocycles. The Hall–Kier alpha value is -3.77. The summed E-state index contributed by atoms with van der Waals surface area (Å²) in [4.78, 5) is 44.1. The lowest BCUT2D eigenvalue weighted by molar-refractivity contribution is -0.145. The lowest BCUT2D eigenvalue weighted by Crippen LogP contribution is -2.31. The van der Waals surface area contributed by atoms with Gasteiger partial charge in [0.05, 0.1) is 4.90 Å². The number of benzene rings is 2. The van der Waals surface area contributed by atoms with Crippen molar-refractivity contribution in [2.45, 2.75) is 64.1 Å². The van der Waals surface area contributed by atoms with Gasteiger partial charge in [-0.05, 0) is 42.7 Å². The number of aromatic nitrogens is 4. The first-order valence-corrected chi connectivity index (χ1v) is 14.1. The molecule has 12 heteroatoms. The summed E-state index contributed by atoms with van der Waals surface area (Å²) in [6.07, 6.45) is 1.85. The number of aromatic amines is 1. The number of hydrogen-bond donors (Lipinski definition) is 2. The fraction of sp³-hybridized carbons (Fsp3) is 0.385. The molecule has 2 aromatic heterocycles. The highest BCUT2D eigenvalue weighted by Crippen LogP contribution is 2.19. The third-order valence-electron chi connectivity index (χ3n) is 6.26. The van der Waals surface area contributed by atoms with Gasteiger partial charge in [-0.15, -0.1) is 0 Å². The standard InChI is InChI=1S/C26H31N5O6S/c1-3-5-15-31-24-23(25(33)29-26(31)34)30(4-2)21(28-24)17-37-22(32)11-8-14-27-38(35,36)20-13-12-18-9-6-7-10-19(18)16-20/h6-7,9-10,12-13,16,27H,3-5,8,11,14-15,17H2,1-2H3,(H,29,33,34). The summed E-state index contributed by atoms with van der Waals surface area (Å²) in [7, 11) is -3.72. The van der Waals surface area contributed by atoms with Crippen molar-refractivity contribution < 1.29 is 17.9 Å². The normalized spacial score (nSPS) is 11.8. The molecular weight excluding hydrogens is 510 g/mol. The highest BCUT2D eigenvalue weighted by molar-refractivity contribution is 7.89. The summed E-state index contributed by atoms with van der Waals surface area (Å²) in [5, 5.41) is 1.76. The molecule has 0 spiro atoms.